The van der Waals surface area contributed by atoms with Crippen LogP contribution in [-0.2, 0) is 12.8 Å². The van der Waals surface area contributed by atoms with Gasteiger partial charge < -0.3 is 15.2 Å². The van der Waals surface area contributed by atoms with Crippen molar-refractivity contribution in [1.29, 1.82) is 0 Å². The van der Waals surface area contributed by atoms with Crippen molar-refractivity contribution in [2.24, 2.45) is 0 Å². The normalized spacial score (nSPS) is 11.4. The quantitative estimate of drug-likeness (QED) is 0.396. The number of aliphatic hydroxyl groups excluding tert-OH is 1. The summed E-state index contributed by atoms with van der Waals surface area (Å²) in [6, 6.07) is 13.0. The van der Waals surface area contributed by atoms with Crippen molar-refractivity contribution in [3.63, 3.8) is 0 Å². The maximum Gasteiger partial charge on any atom is 0.418 e. The van der Waals surface area contributed by atoms with E-state index in [1.807, 2.05) is 0 Å². The lowest BCUT2D eigenvalue weighted by Crippen LogP contribution is -2.17. The van der Waals surface area contributed by atoms with Gasteiger partial charge in [-0.25, -0.2) is 14.4 Å². The first kappa shape index (κ1) is 22.2. The number of rotatable bonds is 5. The summed E-state index contributed by atoms with van der Waals surface area (Å²) in [5.74, 6) is -1.25. The number of benzene rings is 3. The highest BCUT2D eigenvalue weighted by molar-refractivity contribution is 6.13. The van der Waals surface area contributed by atoms with E-state index in [2.05, 4.69) is 15.3 Å². The van der Waals surface area contributed by atoms with E-state index in [0.29, 0.717) is 28.3 Å². The van der Waals surface area contributed by atoms with Crippen LogP contribution in [0.3, 0.4) is 0 Å². The molecule has 0 aliphatic carbocycles. The van der Waals surface area contributed by atoms with Crippen LogP contribution in [0.5, 0.6) is 11.6 Å². The summed E-state index contributed by atoms with van der Waals surface area (Å²) in [4.78, 5) is 20.6. The molecule has 0 aliphatic rings. The molecule has 0 unspecified atom stereocenters. The Hall–Kier alpha value is -4.05. The van der Waals surface area contributed by atoms with Crippen molar-refractivity contribution in [2.45, 2.75) is 12.8 Å². The molecule has 6 nitrogen and oxygen atoms in total. The summed E-state index contributed by atoms with van der Waals surface area (Å²) in [5, 5.41) is 12.4. The number of nitrogens with one attached hydrogen (secondary N) is 1. The third-order valence-corrected chi connectivity index (χ3v) is 4.71. The van der Waals surface area contributed by atoms with Gasteiger partial charge in [0.2, 0.25) is 5.88 Å². The second kappa shape index (κ2) is 8.83. The zero-order valence-corrected chi connectivity index (χ0v) is 16.7. The number of aliphatic hydroxyl groups is 1. The molecule has 4 aromatic rings. The van der Waals surface area contributed by atoms with Crippen LogP contribution in [0, 0.1) is 5.82 Å². The van der Waals surface area contributed by atoms with Gasteiger partial charge in [0.15, 0.2) is 0 Å². The summed E-state index contributed by atoms with van der Waals surface area (Å²) in [5.41, 5.74) is -1.33. The Bertz CT molecular complexity index is 1340. The van der Waals surface area contributed by atoms with Crippen LogP contribution in [-0.4, -0.2) is 21.0 Å². The second-order valence-electron chi connectivity index (χ2n) is 6.94. The summed E-state index contributed by atoms with van der Waals surface area (Å²) in [6.45, 7) is -0.279. The molecule has 0 aliphatic heterocycles. The maximum atomic E-state index is 13.3. The molecule has 0 saturated carbocycles. The van der Waals surface area contributed by atoms with Gasteiger partial charge in [0.05, 0.1) is 23.6 Å². The van der Waals surface area contributed by atoms with Crippen molar-refractivity contribution in [2.75, 3.05) is 5.32 Å². The third kappa shape index (κ3) is 4.90. The van der Waals surface area contributed by atoms with Gasteiger partial charge in [-0.2, -0.15) is 13.2 Å². The first-order valence-corrected chi connectivity index (χ1v) is 9.55. The molecule has 0 atom stereocenters. The van der Waals surface area contributed by atoms with Crippen LogP contribution in [0.15, 0.2) is 67.0 Å². The molecule has 1 amide bonds. The molecule has 2 N–H and O–H groups in total. The van der Waals surface area contributed by atoms with E-state index >= 15 is 0 Å². The van der Waals surface area contributed by atoms with Gasteiger partial charge in [-0.05, 0) is 53.2 Å². The fraction of sp³-hybridized carbons (Fsp3) is 0.0870. The van der Waals surface area contributed by atoms with Crippen molar-refractivity contribution in [3.05, 3.63) is 89.6 Å². The number of carbonyl (C=O) groups is 1. The zero-order chi connectivity index (χ0) is 23.6. The van der Waals surface area contributed by atoms with Crippen LogP contribution in [0.2, 0.25) is 0 Å². The van der Waals surface area contributed by atoms with Gasteiger partial charge >= 0.3 is 6.18 Å². The number of fused-ring (bicyclic) bond motifs is 1. The predicted octanol–water partition coefficient (Wildman–Crippen LogP) is 5.32. The predicted molar refractivity (Wildman–Crippen MR) is 111 cm³/mol. The molecule has 0 radical (unpaired) electrons. The minimum Gasteiger partial charge on any atom is -0.439 e. The monoisotopic (exact) mass is 457 g/mol. The zero-order valence-electron chi connectivity index (χ0n) is 16.7. The number of ether oxygens (including phenoxy) is 1. The average molecular weight is 457 g/mol. The maximum absolute atomic E-state index is 13.3. The molecule has 33 heavy (non-hydrogen) atoms. The van der Waals surface area contributed by atoms with E-state index in [9.17, 15) is 22.4 Å². The van der Waals surface area contributed by atoms with E-state index < -0.39 is 29.2 Å². The first-order valence-electron chi connectivity index (χ1n) is 9.55. The summed E-state index contributed by atoms with van der Waals surface area (Å²) in [7, 11) is 0. The molecule has 10 heteroatoms. The number of alkyl halides is 3. The molecule has 3 aromatic carbocycles. The Morgan fingerprint density at radius 3 is 2.61 bits per heavy atom. The Kier molecular flexibility index (Phi) is 5.93. The van der Waals surface area contributed by atoms with Crippen LogP contribution in [0.25, 0.3) is 10.8 Å². The topological polar surface area (TPSA) is 84.3 Å². The Balaban J connectivity index is 1.63. The molecular formula is C23H15F4N3O3. The number of nitrogens with zero attached hydrogens (tertiary/aromatic N) is 2. The van der Waals surface area contributed by atoms with Gasteiger partial charge in [0.1, 0.15) is 17.9 Å². The highest BCUT2D eigenvalue weighted by Gasteiger charge is 2.34. The largest absolute Gasteiger partial charge is 0.439 e. The Morgan fingerprint density at radius 2 is 1.85 bits per heavy atom. The SMILES string of the molecule is O=C(Nc1ccc(F)cc1C(F)(F)F)c1cccc2cc(Oc3cc(CO)ncn3)ccc12. The molecule has 168 valence electrons. The minimum absolute atomic E-state index is 0.126. The number of halogens is 4. The Morgan fingerprint density at radius 1 is 1.03 bits per heavy atom. The lowest BCUT2D eigenvalue weighted by Gasteiger charge is -2.15. The lowest BCUT2D eigenvalue weighted by molar-refractivity contribution is -0.137. The molecule has 0 saturated heterocycles. The molecule has 0 bridgehead atoms. The second-order valence-corrected chi connectivity index (χ2v) is 6.94. The first-order chi connectivity index (χ1) is 15.7. The third-order valence-electron chi connectivity index (χ3n) is 4.71. The van der Waals surface area contributed by atoms with Gasteiger partial charge in [-0.15, -0.1) is 0 Å². The Labute approximate surface area is 184 Å². The number of hydrogen-bond donors (Lipinski definition) is 2. The molecule has 1 aromatic heterocycles. The fourth-order valence-corrected chi connectivity index (χ4v) is 3.21. The van der Waals surface area contributed by atoms with Crippen LogP contribution < -0.4 is 10.1 Å². The van der Waals surface area contributed by atoms with Gasteiger partial charge in [0.25, 0.3) is 5.91 Å². The fourth-order valence-electron chi connectivity index (χ4n) is 3.21. The summed E-state index contributed by atoms with van der Waals surface area (Å²) >= 11 is 0. The molecule has 0 spiro atoms. The number of anilines is 1. The number of amides is 1. The highest BCUT2D eigenvalue weighted by Crippen LogP contribution is 2.36. The number of aromatic nitrogens is 2. The number of hydrogen-bond acceptors (Lipinski definition) is 5. The lowest BCUT2D eigenvalue weighted by atomic mass is 10.0. The van der Waals surface area contributed by atoms with Crippen molar-refractivity contribution >= 4 is 22.4 Å². The van der Waals surface area contributed by atoms with Crippen molar-refractivity contribution in [1.82, 2.24) is 9.97 Å². The molecule has 1 heterocycles. The smallest absolute Gasteiger partial charge is 0.418 e. The minimum atomic E-state index is -4.84. The van der Waals surface area contributed by atoms with E-state index in [4.69, 9.17) is 9.84 Å². The molecule has 0 fully saturated rings. The van der Waals surface area contributed by atoms with Crippen LogP contribution >= 0.6 is 0 Å². The summed E-state index contributed by atoms with van der Waals surface area (Å²) < 4.78 is 58.8. The van der Waals surface area contributed by atoms with Crippen LogP contribution in [0.1, 0.15) is 21.6 Å². The van der Waals surface area contributed by atoms with Crippen molar-refractivity contribution in [3.8, 4) is 11.6 Å². The van der Waals surface area contributed by atoms with Gasteiger partial charge in [-0.1, -0.05) is 12.1 Å². The van der Waals surface area contributed by atoms with Gasteiger partial charge in [0, 0.05) is 11.6 Å². The van der Waals surface area contributed by atoms with Gasteiger partial charge in [-0.3, -0.25) is 4.79 Å². The standard InChI is InChI=1S/C23H15F4N3O3/c24-14-4-7-20(19(9-14)23(25,26)27)30-22(32)18-3-1-2-13-8-16(5-6-17(13)18)33-21-10-15(11-31)28-12-29-21/h1-10,12,31H,11H2,(H,30,32). The van der Waals surface area contributed by atoms with E-state index in [-0.39, 0.29) is 18.1 Å². The van der Waals surface area contributed by atoms with E-state index in [1.165, 1.54) is 18.5 Å². The van der Waals surface area contributed by atoms with Crippen molar-refractivity contribution < 1.29 is 32.2 Å². The van der Waals surface area contributed by atoms with Crippen LogP contribution in [0.4, 0.5) is 23.2 Å². The van der Waals surface area contributed by atoms with E-state index in [1.54, 1.807) is 30.3 Å². The highest BCUT2D eigenvalue weighted by atomic mass is 19.4. The molecule has 4 rings (SSSR count). The summed E-state index contributed by atoms with van der Waals surface area (Å²) in [6.07, 6.45) is -3.60. The number of carbonyl (C=O) groups excluding carboxylic acids is 1. The van der Waals surface area contributed by atoms with E-state index in [0.717, 1.165) is 12.1 Å². The molecular weight excluding hydrogens is 442 g/mol. The average Bonchev–Trinajstić information content (AvgIpc) is 2.79.